The Morgan fingerprint density at radius 3 is 2.70 bits per heavy atom. The van der Waals surface area contributed by atoms with Gasteiger partial charge in [0.05, 0.1) is 0 Å². The topological polar surface area (TPSA) is 0 Å². The van der Waals surface area contributed by atoms with Crippen molar-refractivity contribution in [1.29, 1.82) is 0 Å². The summed E-state index contributed by atoms with van der Waals surface area (Å²) in [6.45, 7) is 5.91. The summed E-state index contributed by atoms with van der Waals surface area (Å²) in [4.78, 5) is 0. The highest BCUT2D eigenvalue weighted by Gasteiger charge is 1.86. The van der Waals surface area contributed by atoms with Gasteiger partial charge in [-0.1, -0.05) is 19.4 Å². The van der Waals surface area contributed by atoms with Crippen LogP contribution in [0.3, 0.4) is 0 Å². The van der Waals surface area contributed by atoms with E-state index < -0.39 is 0 Å². The van der Waals surface area contributed by atoms with Crippen LogP contribution in [0.25, 0.3) is 0 Å². The summed E-state index contributed by atoms with van der Waals surface area (Å²) < 4.78 is 0. The zero-order valence-corrected chi connectivity index (χ0v) is 7.75. The van der Waals surface area contributed by atoms with E-state index in [2.05, 4.69) is 13.5 Å². The average molecular weight is 158 g/mol. The minimum Gasteiger partial charge on any atom is -0.162 e. The van der Waals surface area contributed by atoms with Crippen molar-refractivity contribution in [3.63, 3.8) is 0 Å². The summed E-state index contributed by atoms with van der Waals surface area (Å²) >= 11 is 2.04. The molecule has 0 aromatic carbocycles. The Hall–Kier alpha value is 0.0900. The number of allylic oxidation sites excluding steroid dienone is 1. The van der Waals surface area contributed by atoms with E-state index in [0.717, 1.165) is 0 Å². The molecule has 0 aliphatic carbocycles. The van der Waals surface area contributed by atoms with Gasteiger partial charge >= 0.3 is 0 Å². The third kappa shape index (κ3) is 8.09. The van der Waals surface area contributed by atoms with Gasteiger partial charge in [0.2, 0.25) is 0 Å². The van der Waals surface area contributed by atoms with E-state index in [1.165, 1.54) is 37.2 Å². The fourth-order valence-electron chi connectivity index (χ4n) is 0.814. The molecule has 0 N–H and O–H groups in total. The summed E-state index contributed by atoms with van der Waals surface area (Å²) in [7, 11) is 0. The molecule has 0 aliphatic heterocycles. The molecule has 1 heteroatoms. The first-order valence-corrected chi connectivity index (χ1v) is 5.26. The molecule has 0 aromatic heterocycles. The average Bonchev–Trinajstić information content (AvgIpc) is 1.97. The molecule has 0 aromatic rings. The largest absolute Gasteiger partial charge is 0.162 e. The van der Waals surface area contributed by atoms with Gasteiger partial charge in [-0.3, -0.25) is 0 Å². The molecule has 10 heavy (non-hydrogen) atoms. The van der Waals surface area contributed by atoms with E-state index in [9.17, 15) is 0 Å². The molecule has 0 unspecified atom stereocenters. The van der Waals surface area contributed by atoms with Gasteiger partial charge in [-0.2, -0.15) is 11.8 Å². The molecule has 0 atom stereocenters. The number of rotatable bonds is 7. The van der Waals surface area contributed by atoms with Gasteiger partial charge in [-0.15, -0.1) is 6.58 Å². The van der Waals surface area contributed by atoms with E-state index in [4.69, 9.17) is 0 Å². The van der Waals surface area contributed by atoms with E-state index in [0.29, 0.717) is 0 Å². The van der Waals surface area contributed by atoms with Gasteiger partial charge in [0, 0.05) is 0 Å². The van der Waals surface area contributed by atoms with Crippen LogP contribution in [0.4, 0.5) is 0 Å². The third-order valence-corrected chi connectivity index (χ3v) is 2.39. The summed E-state index contributed by atoms with van der Waals surface area (Å²) in [5.41, 5.74) is 0. The molecule has 0 saturated carbocycles. The van der Waals surface area contributed by atoms with Crippen LogP contribution in [0.15, 0.2) is 12.7 Å². The van der Waals surface area contributed by atoms with Crippen LogP contribution >= 0.6 is 11.8 Å². The lowest BCUT2D eigenvalue weighted by molar-refractivity contribution is 0.735. The van der Waals surface area contributed by atoms with Crippen LogP contribution in [-0.2, 0) is 0 Å². The molecule has 0 nitrogen and oxygen atoms in total. The first kappa shape index (κ1) is 10.1. The zero-order valence-electron chi connectivity index (χ0n) is 6.94. The number of hydrogen-bond donors (Lipinski definition) is 0. The van der Waals surface area contributed by atoms with Gasteiger partial charge < -0.3 is 0 Å². The van der Waals surface area contributed by atoms with Crippen molar-refractivity contribution in [3.8, 4) is 0 Å². The molecule has 0 fully saturated rings. The highest BCUT2D eigenvalue weighted by Crippen LogP contribution is 2.06. The van der Waals surface area contributed by atoms with Crippen LogP contribution in [-0.4, -0.2) is 11.5 Å². The second kappa shape index (κ2) is 9.09. The molecular weight excluding hydrogens is 140 g/mol. The smallest absolute Gasteiger partial charge is 0.00676 e. The highest BCUT2D eigenvalue weighted by molar-refractivity contribution is 7.99. The quantitative estimate of drug-likeness (QED) is 0.404. The fraction of sp³-hybridized carbons (Fsp3) is 0.778. The van der Waals surface area contributed by atoms with Gasteiger partial charge in [0.15, 0.2) is 0 Å². The lowest BCUT2D eigenvalue weighted by atomic mass is 10.2. The standard InChI is InChI=1S/C9H18S/c1-3-5-6-7-8-9-10-4-2/h3H,1,4-9H2,2H3. The second-order valence-corrected chi connectivity index (χ2v) is 3.73. The van der Waals surface area contributed by atoms with Gasteiger partial charge in [-0.05, 0) is 30.8 Å². The summed E-state index contributed by atoms with van der Waals surface area (Å²) in [5, 5.41) is 0. The minimum absolute atomic E-state index is 1.19. The van der Waals surface area contributed by atoms with Crippen molar-refractivity contribution >= 4 is 11.8 Å². The summed E-state index contributed by atoms with van der Waals surface area (Å²) in [6.07, 6.45) is 7.28. The molecule has 0 amide bonds. The SMILES string of the molecule is C=CCCCCCSCC. The maximum Gasteiger partial charge on any atom is -0.00676 e. The van der Waals surface area contributed by atoms with Crippen molar-refractivity contribution in [2.75, 3.05) is 11.5 Å². The van der Waals surface area contributed by atoms with E-state index >= 15 is 0 Å². The molecule has 0 saturated heterocycles. The Morgan fingerprint density at radius 2 is 2.10 bits per heavy atom. The van der Waals surface area contributed by atoms with Crippen molar-refractivity contribution in [2.24, 2.45) is 0 Å². The van der Waals surface area contributed by atoms with Gasteiger partial charge in [-0.25, -0.2) is 0 Å². The number of thioether (sulfide) groups is 1. The number of unbranched alkanes of at least 4 members (excludes halogenated alkanes) is 3. The van der Waals surface area contributed by atoms with Crippen LogP contribution in [0, 0.1) is 0 Å². The van der Waals surface area contributed by atoms with E-state index in [-0.39, 0.29) is 0 Å². The molecule has 0 rings (SSSR count). The van der Waals surface area contributed by atoms with Crippen molar-refractivity contribution in [3.05, 3.63) is 12.7 Å². The first-order valence-electron chi connectivity index (χ1n) is 4.10. The first-order chi connectivity index (χ1) is 4.91. The number of hydrogen-bond acceptors (Lipinski definition) is 1. The highest BCUT2D eigenvalue weighted by atomic mass is 32.2. The zero-order chi connectivity index (χ0) is 7.66. The van der Waals surface area contributed by atoms with Gasteiger partial charge in [0.1, 0.15) is 0 Å². The predicted octanol–water partition coefficient (Wildman–Crippen LogP) is 3.49. The molecular formula is C9H18S. The lowest BCUT2D eigenvalue weighted by Gasteiger charge is -1.96. The maximum atomic E-state index is 3.69. The third-order valence-electron chi connectivity index (χ3n) is 1.40. The molecule has 0 bridgehead atoms. The van der Waals surface area contributed by atoms with Gasteiger partial charge in [0.25, 0.3) is 0 Å². The molecule has 0 heterocycles. The van der Waals surface area contributed by atoms with Crippen LogP contribution in [0.5, 0.6) is 0 Å². The predicted molar refractivity (Wildman–Crippen MR) is 51.7 cm³/mol. The Bertz CT molecular complexity index is 69.1. The molecule has 60 valence electrons. The Kier molecular flexibility index (Phi) is 9.17. The Labute approximate surface area is 69.1 Å². The van der Waals surface area contributed by atoms with Crippen molar-refractivity contribution in [2.45, 2.75) is 32.6 Å². The van der Waals surface area contributed by atoms with Crippen LogP contribution in [0.2, 0.25) is 0 Å². The van der Waals surface area contributed by atoms with Crippen LogP contribution in [0.1, 0.15) is 32.6 Å². The monoisotopic (exact) mass is 158 g/mol. The second-order valence-electron chi connectivity index (χ2n) is 2.33. The van der Waals surface area contributed by atoms with E-state index in [1.54, 1.807) is 0 Å². The maximum absolute atomic E-state index is 3.69. The Balaban J connectivity index is 2.70. The van der Waals surface area contributed by atoms with Crippen molar-refractivity contribution in [1.82, 2.24) is 0 Å². The lowest BCUT2D eigenvalue weighted by Crippen LogP contribution is -1.80. The fourth-order valence-corrected chi connectivity index (χ4v) is 1.51. The normalized spacial score (nSPS) is 9.70. The summed E-state index contributed by atoms with van der Waals surface area (Å²) in [5.74, 6) is 2.61. The van der Waals surface area contributed by atoms with Crippen LogP contribution < -0.4 is 0 Å². The van der Waals surface area contributed by atoms with Crippen molar-refractivity contribution < 1.29 is 0 Å². The molecule has 0 spiro atoms. The Morgan fingerprint density at radius 1 is 1.30 bits per heavy atom. The molecule has 0 radical (unpaired) electrons. The van der Waals surface area contributed by atoms with E-state index in [1.807, 2.05) is 17.8 Å². The summed E-state index contributed by atoms with van der Waals surface area (Å²) in [6, 6.07) is 0. The molecule has 0 aliphatic rings. The minimum atomic E-state index is 1.19.